The molecule has 4 heteroatoms. The highest BCUT2D eigenvalue weighted by molar-refractivity contribution is 5.26. The van der Waals surface area contributed by atoms with E-state index in [1.165, 1.54) is 4.68 Å². The Balaban J connectivity index is 2.60. The van der Waals surface area contributed by atoms with Crippen LogP contribution in [-0.4, -0.2) is 14.8 Å². The van der Waals surface area contributed by atoms with E-state index in [2.05, 4.69) is 10.1 Å². The van der Waals surface area contributed by atoms with Gasteiger partial charge in [-0.2, -0.15) is 0 Å². The number of aromatic nitrogens is 3. The van der Waals surface area contributed by atoms with Crippen LogP contribution in [0.2, 0.25) is 0 Å². The minimum atomic E-state index is -0.0828. The lowest BCUT2D eigenvalue weighted by atomic mass is 10.3. The largest absolute Gasteiger partial charge is 0.294 e. The molecule has 0 amide bonds. The molecule has 0 aliphatic heterocycles. The molecule has 1 N–H and O–H groups in total. The normalized spacial score (nSPS) is 10.4. The summed E-state index contributed by atoms with van der Waals surface area (Å²) < 4.78 is 1.43. The van der Waals surface area contributed by atoms with E-state index < -0.39 is 0 Å². The molecule has 0 unspecified atom stereocenters. The van der Waals surface area contributed by atoms with Crippen LogP contribution >= 0.6 is 0 Å². The summed E-state index contributed by atoms with van der Waals surface area (Å²) in [6.45, 7) is 3.81. The van der Waals surface area contributed by atoms with Crippen molar-refractivity contribution in [3.05, 3.63) is 46.0 Å². The van der Waals surface area contributed by atoms with Gasteiger partial charge in [-0.3, -0.25) is 9.89 Å². The fraction of sp³-hybridized carbons (Fsp3) is 0.200. The average Bonchev–Trinajstić information content (AvgIpc) is 2.45. The van der Waals surface area contributed by atoms with E-state index in [1.54, 1.807) is 12.3 Å². The molecule has 0 radical (unpaired) electrons. The summed E-state index contributed by atoms with van der Waals surface area (Å²) in [5, 5.41) is 2.93. The van der Waals surface area contributed by atoms with Gasteiger partial charge in [-0.1, -0.05) is 0 Å². The molecule has 14 heavy (non-hydrogen) atoms. The quantitative estimate of drug-likeness (QED) is 0.732. The molecule has 0 aromatic carbocycles. The summed E-state index contributed by atoms with van der Waals surface area (Å²) in [6, 6.07) is 5.30. The molecule has 2 aromatic rings. The first-order valence-corrected chi connectivity index (χ1v) is 4.38. The fourth-order valence-corrected chi connectivity index (χ4v) is 1.33. The van der Waals surface area contributed by atoms with Gasteiger partial charge < -0.3 is 0 Å². The van der Waals surface area contributed by atoms with Gasteiger partial charge in [0.25, 0.3) is 5.56 Å². The molecule has 0 fully saturated rings. The number of rotatable bonds is 1. The summed E-state index contributed by atoms with van der Waals surface area (Å²) in [4.78, 5) is 15.6. The van der Waals surface area contributed by atoms with Crippen molar-refractivity contribution in [1.82, 2.24) is 14.8 Å². The van der Waals surface area contributed by atoms with Crippen LogP contribution in [0.25, 0.3) is 5.82 Å². The van der Waals surface area contributed by atoms with Gasteiger partial charge in [0.15, 0.2) is 5.82 Å². The molecule has 0 aliphatic carbocycles. The van der Waals surface area contributed by atoms with Crippen molar-refractivity contribution < 1.29 is 0 Å². The van der Waals surface area contributed by atoms with E-state index in [1.807, 2.05) is 26.0 Å². The van der Waals surface area contributed by atoms with Crippen molar-refractivity contribution in [1.29, 1.82) is 0 Å². The maximum Gasteiger partial charge on any atom is 0.272 e. The van der Waals surface area contributed by atoms with Crippen molar-refractivity contribution in [2.45, 2.75) is 13.8 Å². The summed E-state index contributed by atoms with van der Waals surface area (Å²) in [5.74, 6) is 0.628. The molecular formula is C10H11N3O. The Labute approximate surface area is 81.2 Å². The van der Waals surface area contributed by atoms with Crippen molar-refractivity contribution in [3.63, 3.8) is 0 Å². The fourth-order valence-electron chi connectivity index (χ4n) is 1.33. The van der Waals surface area contributed by atoms with Crippen LogP contribution in [-0.2, 0) is 0 Å². The predicted molar refractivity (Wildman–Crippen MR) is 53.7 cm³/mol. The lowest BCUT2D eigenvalue weighted by Crippen LogP contribution is -2.14. The van der Waals surface area contributed by atoms with E-state index in [0.717, 1.165) is 11.3 Å². The Hall–Kier alpha value is -1.84. The van der Waals surface area contributed by atoms with Crippen LogP contribution in [0.5, 0.6) is 0 Å². The van der Waals surface area contributed by atoms with Crippen molar-refractivity contribution >= 4 is 0 Å². The summed E-state index contributed by atoms with van der Waals surface area (Å²) >= 11 is 0. The standard InChI is InChI=1S/C10H11N3O/c1-7-3-4-11-9(5-7)13-10(14)6-8(2)12-13/h3-6,12H,1-2H3. The molecule has 0 spiro atoms. The van der Waals surface area contributed by atoms with Crippen molar-refractivity contribution in [2.24, 2.45) is 0 Å². The van der Waals surface area contributed by atoms with Gasteiger partial charge in [-0.05, 0) is 31.5 Å². The van der Waals surface area contributed by atoms with Gasteiger partial charge in [-0.25, -0.2) is 9.67 Å². The average molecular weight is 189 g/mol. The number of nitrogens with zero attached hydrogens (tertiary/aromatic N) is 2. The Morgan fingerprint density at radius 1 is 1.36 bits per heavy atom. The summed E-state index contributed by atoms with van der Waals surface area (Å²) in [6.07, 6.45) is 1.69. The third-order valence-corrected chi connectivity index (χ3v) is 1.98. The molecular weight excluding hydrogens is 178 g/mol. The number of hydrogen-bond donors (Lipinski definition) is 1. The molecule has 2 rings (SSSR count). The first-order valence-electron chi connectivity index (χ1n) is 4.38. The van der Waals surface area contributed by atoms with Crippen LogP contribution in [0.4, 0.5) is 0 Å². The van der Waals surface area contributed by atoms with Crippen LogP contribution in [0.15, 0.2) is 29.2 Å². The van der Waals surface area contributed by atoms with Gasteiger partial charge >= 0.3 is 0 Å². The van der Waals surface area contributed by atoms with Crippen LogP contribution < -0.4 is 5.56 Å². The third kappa shape index (κ3) is 1.46. The summed E-state index contributed by atoms with van der Waals surface area (Å²) in [7, 11) is 0. The topological polar surface area (TPSA) is 50.7 Å². The number of nitrogens with one attached hydrogen (secondary N) is 1. The van der Waals surface area contributed by atoms with Gasteiger partial charge in [0.1, 0.15) is 0 Å². The first-order chi connectivity index (χ1) is 6.66. The maximum absolute atomic E-state index is 11.4. The molecule has 0 bridgehead atoms. The van der Waals surface area contributed by atoms with Gasteiger partial charge in [-0.15, -0.1) is 0 Å². The molecule has 0 atom stereocenters. The number of aryl methyl sites for hydroxylation is 2. The van der Waals surface area contributed by atoms with E-state index in [0.29, 0.717) is 5.82 Å². The van der Waals surface area contributed by atoms with E-state index in [-0.39, 0.29) is 5.56 Å². The highest BCUT2D eigenvalue weighted by atomic mass is 16.1. The molecule has 0 saturated carbocycles. The molecule has 2 aromatic heterocycles. The monoisotopic (exact) mass is 189 g/mol. The second-order valence-corrected chi connectivity index (χ2v) is 3.30. The highest BCUT2D eigenvalue weighted by Crippen LogP contribution is 2.02. The first kappa shape index (κ1) is 8.74. The predicted octanol–water partition coefficient (Wildman–Crippen LogP) is 1.18. The van der Waals surface area contributed by atoms with Gasteiger partial charge in [0.2, 0.25) is 0 Å². The zero-order valence-electron chi connectivity index (χ0n) is 8.11. The van der Waals surface area contributed by atoms with Gasteiger partial charge in [0, 0.05) is 18.0 Å². The van der Waals surface area contributed by atoms with Crippen LogP contribution in [0, 0.1) is 13.8 Å². The summed E-state index contributed by atoms with van der Waals surface area (Å²) in [5.41, 5.74) is 1.83. The van der Waals surface area contributed by atoms with E-state index >= 15 is 0 Å². The van der Waals surface area contributed by atoms with Crippen LogP contribution in [0.3, 0.4) is 0 Å². The Morgan fingerprint density at radius 3 is 2.71 bits per heavy atom. The lowest BCUT2D eigenvalue weighted by molar-refractivity contribution is 0.806. The second kappa shape index (κ2) is 3.14. The van der Waals surface area contributed by atoms with Crippen molar-refractivity contribution in [3.8, 4) is 5.82 Å². The SMILES string of the molecule is Cc1ccnc(-n2[nH]c(C)cc2=O)c1. The Kier molecular flexibility index (Phi) is 1.96. The molecule has 2 heterocycles. The van der Waals surface area contributed by atoms with E-state index in [4.69, 9.17) is 0 Å². The number of H-pyrrole nitrogens is 1. The smallest absolute Gasteiger partial charge is 0.272 e. The lowest BCUT2D eigenvalue weighted by Gasteiger charge is -2.00. The zero-order valence-corrected chi connectivity index (χ0v) is 8.11. The Morgan fingerprint density at radius 2 is 2.14 bits per heavy atom. The maximum atomic E-state index is 11.4. The minimum absolute atomic E-state index is 0.0828. The number of aromatic amines is 1. The zero-order chi connectivity index (χ0) is 10.1. The van der Waals surface area contributed by atoms with Crippen molar-refractivity contribution in [2.75, 3.05) is 0 Å². The third-order valence-electron chi connectivity index (χ3n) is 1.98. The molecule has 0 saturated heterocycles. The molecule has 0 aliphatic rings. The van der Waals surface area contributed by atoms with Gasteiger partial charge in [0.05, 0.1) is 0 Å². The molecule has 4 nitrogen and oxygen atoms in total. The Bertz CT molecular complexity index is 510. The van der Waals surface area contributed by atoms with E-state index in [9.17, 15) is 4.79 Å². The van der Waals surface area contributed by atoms with Crippen LogP contribution in [0.1, 0.15) is 11.3 Å². The number of hydrogen-bond acceptors (Lipinski definition) is 2. The molecule has 72 valence electrons. The second-order valence-electron chi connectivity index (χ2n) is 3.30. The minimum Gasteiger partial charge on any atom is -0.294 e. The number of pyridine rings is 1. The highest BCUT2D eigenvalue weighted by Gasteiger charge is 2.02.